The summed E-state index contributed by atoms with van der Waals surface area (Å²) in [4.78, 5) is 8.19. The van der Waals surface area contributed by atoms with Gasteiger partial charge in [-0.2, -0.15) is 13.2 Å². The Kier molecular flexibility index (Phi) is 2.63. The summed E-state index contributed by atoms with van der Waals surface area (Å²) >= 11 is 0. The van der Waals surface area contributed by atoms with Crippen molar-refractivity contribution < 1.29 is 13.2 Å². The highest BCUT2D eigenvalue weighted by molar-refractivity contribution is 5.76. The summed E-state index contributed by atoms with van der Waals surface area (Å²) in [6.45, 7) is 0. The lowest BCUT2D eigenvalue weighted by Gasteiger charge is -2.10. The van der Waals surface area contributed by atoms with Crippen molar-refractivity contribution in [2.45, 2.75) is 6.18 Å². The van der Waals surface area contributed by atoms with Gasteiger partial charge in [0.1, 0.15) is 5.52 Å². The minimum absolute atomic E-state index is 0.0954. The van der Waals surface area contributed by atoms with Gasteiger partial charge in [-0.1, -0.05) is 6.07 Å². The smallest absolute Gasteiger partial charge is 0.369 e. The van der Waals surface area contributed by atoms with Crippen LogP contribution in [0.2, 0.25) is 0 Å². The summed E-state index contributed by atoms with van der Waals surface area (Å²) in [5, 5.41) is 0. The number of imidazole rings is 1. The second kappa shape index (κ2) is 4.22. The van der Waals surface area contributed by atoms with Gasteiger partial charge in [0, 0.05) is 6.20 Å². The average molecular weight is 278 g/mol. The van der Waals surface area contributed by atoms with E-state index in [2.05, 4.69) is 9.97 Å². The molecule has 102 valence electrons. The van der Waals surface area contributed by atoms with Gasteiger partial charge in [0.15, 0.2) is 5.65 Å². The molecule has 7 heteroatoms. The SMILES string of the molecule is Nc1nc2cccnc2n1-c1cccc(C(F)(F)F)c1. The zero-order valence-electron chi connectivity index (χ0n) is 10.1. The molecule has 2 heterocycles. The Hall–Kier alpha value is -2.57. The van der Waals surface area contributed by atoms with Crippen molar-refractivity contribution in [2.24, 2.45) is 0 Å². The summed E-state index contributed by atoms with van der Waals surface area (Å²) in [6, 6.07) is 8.26. The molecule has 0 saturated heterocycles. The van der Waals surface area contributed by atoms with Gasteiger partial charge < -0.3 is 5.73 Å². The molecule has 0 spiro atoms. The lowest BCUT2D eigenvalue weighted by atomic mass is 10.2. The minimum atomic E-state index is -4.41. The number of nitrogens with zero attached hydrogens (tertiary/aromatic N) is 3. The van der Waals surface area contributed by atoms with Crippen molar-refractivity contribution in [3.63, 3.8) is 0 Å². The first kappa shape index (κ1) is 12.5. The summed E-state index contributed by atoms with van der Waals surface area (Å²) < 4.78 is 39.7. The fourth-order valence-corrected chi connectivity index (χ4v) is 2.01. The Bertz CT molecular complexity index is 777. The van der Waals surface area contributed by atoms with Gasteiger partial charge in [0.2, 0.25) is 5.95 Å². The molecule has 2 aromatic heterocycles. The minimum Gasteiger partial charge on any atom is -0.369 e. The molecule has 3 rings (SSSR count). The molecule has 0 atom stereocenters. The largest absolute Gasteiger partial charge is 0.416 e. The van der Waals surface area contributed by atoms with Gasteiger partial charge in [-0.25, -0.2) is 9.97 Å². The van der Waals surface area contributed by atoms with Gasteiger partial charge in [-0.15, -0.1) is 0 Å². The van der Waals surface area contributed by atoms with Crippen LogP contribution in [0.15, 0.2) is 42.6 Å². The first-order valence-electron chi connectivity index (χ1n) is 5.73. The second-order valence-electron chi connectivity index (χ2n) is 4.20. The van der Waals surface area contributed by atoms with Crippen LogP contribution in [0.25, 0.3) is 16.9 Å². The summed E-state index contributed by atoms with van der Waals surface area (Å²) in [6.07, 6.45) is -2.87. The number of alkyl halides is 3. The molecule has 0 aliphatic carbocycles. The molecule has 4 nitrogen and oxygen atoms in total. The van der Waals surface area contributed by atoms with Crippen molar-refractivity contribution in [3.8, 4) is 5.69 Å². The Labute approximate surface area is 111 Å². The number of nitrogen functional groups attached to an aromatic ring is 1. The van der Waals surface area contributed by atoms with Crippen molar-refractivity contribution in [1.29, 1.82) is 0 Å². The van der Waals surface area contributed by atoms with Crippen LogP contribution in [0, 0.1) is 0 Å². The normalized spacial score (nSPS) is 11.9. The highest BCUT2D eigenvalue weighted by Crippen LogP contribution is 2.31. The first-order valence-corrected chi connectivity index (χ1v) is 5.73. The molecular formula is C13H9F3N4. The van der Waals surface area contributed by atoms with Crippen molar-refractivity contribution in [2.75, 3.05) is 5.73 Å². The lowest BCUT2D eigenvalue weighted by Crippen LogP contribution is -2.07. The molecule has 0 fully saturated rings. The number of aromatic nitrogens is 3. The Morgan fingerprint density at radius 1 is 1.10 bits per heavy atom. The highest BCUT2D eigenvalue weighted by atomic mass is 19.4. The van der Waals surface area contributed by atoms with E-state index in [1.807, 2.05) is 0 Å². The van der Waals surface area contributed by atoms with Gasteiger partial charge >= 0.3 is 6.18 Å². The first-order chi connectivity index (χ1) is 9.47. The summed E-state index contributed by atoms with van der Waals surface area (Å²) in [5.74, 6) is 0.0954. The van der Waals surface area contributed by atoms with Crippen LogP contribution >= 0.6 is 0 Å². The maximum Gasteiger partial charge on any atom is 0.416 e. The standard InChI is InChI=1S/C13H9F3N4/c14-13(15,16)8-3-1-4-9(7-8)20-11-10(19-12(20)17)5-2-6-18-11/h1-7H,(H2,17,19). The average Bonchev–Trinajstić information content (AvgIpc) is 2.73. The molecule has 1 aromatic carbocycles. The van der Waals surface area contributed by atoms with Crippen LogP contribution in [-0.4, -0.2) is 14.5 Å². The maximum absolute atomic E-state index is 12.8. The predicted octanol–water partition coefficient (Wildman–Crippen LogP) is 3.02. The van der Waals surface area contributed by atoms with E-state index in [1.165, 1.54) is 22.9 Å². The van der Waals surface area contributed by atoms with Crippen molar-refractivity contribution >= 4 is 17.1 Å². The fourth-order valence-electron chi connectivity index (χ4n) is 2.01. The Morgan fingerprint density at radius 3 is 2.65 bits per heavy atom. The summed E-state index contributed by atoms with van der Waals surface area (Å²) in [5.41, 5.74) is 6.26. The van der Waals surface area contributed by atoms with Crippen LogP contribution in [0.4, 0.5) is 19.1 Å². The molecule has 2 N–H and O–H groups in total. The molecule has 20 heavy (non-hydrogen) atoms. The zero-order chi connectivity index (χ0) is 14.3. The Morgan fingerprint density at radius 2 is 1.90 bits per heavy atom. The number of nitrogens with two attached hydrogens (primary N) is 1. The molecule has 3 aromatic rings. The quantitative estimate of drug-likeness (QED) is 0.744. The van der Waals surface area contributed by atoms with Crippen molar-refractivity contribution in [1.82, 2.24) is 14.5 Å². The number of fused-ring (bicyclic) bond motifs is 1. The van der Waals surface area contributed by atoms with Gasteiger partial charge in [0.25, 0.3) is 0 Å². The number of pyridine rings is 1. The van der Waals surface area contributed by atoms with E-state index in [0.29, 0.717) is 11.2 Å². The number of halogens is 3. The summed E-state index contributed by atoms with van der Waals surface area (Å²) in [7, 11) is 0. The molecular weight excluding hydrogens is 269 g/mol. The molecule has 0 amide bonds. The molecule has 0 unspecified atom stereocenters. The zero-order valence-corrected chi connectivity index (χ0v) is 10.1. The molecule has 0 aliphatic rings. The van der Waals surface area contributed by atoms with E-state index >= 15 is 0 Å². The van der Waals surface area contributed by atoms with E-state index in [9.17, 15) is 13.2 Å². The van der Waals surface area contributed by atoms with E-state index in [4.69, 9.17) is 5.73 Å². The van der Waals surface area contributed by atoms with Gasteiger partial charge in [-0.3, -0.25) is 4.57 Å². The molecule has 0 bridgehead atoms. The van der Waals surface area contributed by atoms with Crippen LogP contribution in [0.1, 0.15) is 5.56 Å². The number of hydrogen-bond donors (Lipinski definition) is 1. The number of benzene rings is 1. The fraction of sp³-hybridized carbons (Fsp3) is 0.0769. The number of anilines is 1. The van der Waals surface area contributed by atoms with Crippen molar-refractivity contribution in [3.05, 3.63) is 48.2 Å². The van der Waals surface area contributed by atoms with E-state index < -0.39 is 11.7 Å². The van der Waals surface area contributed by atoms with Gasteiger partial charge in [-0.05, 0) is 30.3 Å². The molecule has 0 saturated carbocycles. The van der Waals surface area contributed by atoms with Gasteiger partial charge in [0.05, 0.1) is 11.3 Å². The molecule has 0 aliphatic heterocycles. The van der Waals surface area contributed by atoms with E-state index in [-0.39, 0.29) is 11.6 Å². The van der Waals surface area contributed by atoms with E-state index in [0.717, 1.165) is 12.1 Å². The molecule has 0 radical (unpaired) electrons. The Balaban J connectivity index is 2.24. The van der Waals surface area contributed by atoms with Crippen LogP contribution in [0.5, 0.6) is 0 Å². The third-order valence-electron chi connectivity index (χ3n) is 2.87. The van der Waals surface area contributed by atoms with E-state index in [1.54, 1.807) is 12.1 Å². The topological polar surface area (TPSA) is 56.7 Å². The lowest BCUT2D eigenvalue weighted by molar-refractivity contribution is -0.137. The monoisotopic (exact) mass is 278 g/mol. The third-order valence-corrected chi connectivity index (χ3v) is 2.87. The second-order valence-corrected chi connectivity index (χ2v) is 4.20. The maximum atomic E-state index is 12.8. The third kappa shape index (κ3) is 1.97. The number of hydrogen-bond acceptors (Lipinski definition) is 3. The highest BCUT2D eigenvalue weighted by Gasteiger charge is 2.30. The van der Waals surface area contributed by atoms with Crippen LogP contribution in [-0.2, 0) is 6.18 Å². The predicted molar refractivity (Wildman–Crippen MR) is 68.3 cm³/mol. The van der Waals surface area contributed by atoms with Crippen LogP contribution in [0.3, 0.4) is 0 Å². The van der Waals surface area contributed by atoms with Crippen LogP contribution < -0.4 is 5.73 Å². The number of rotatable bonds is 1.